The molecule has 1 amide bonds. The van der Waals surface area contributed by atoms with Crippen LogP contribution in [0.5, 0.6) is 5.75 Å². The number of halogens is 1. The first-order valence-corrected chi connectivity index (χ1v) is 7.77. The van der Waals surface area contributed by atoms with Crippen molar-refractivity contribution in [1.29, 1.82) is 0 Å². The van der Waals surface area contributed by atoms with E-state index in [1.54, 1.807) is 18.2 Å². The lowest BCUT2D eigenvalue weighted by Crippen LogP contribution is -2.13. The number of nitrogens with one attached hydrogen (secondary N) is 1. The predicted octanol–water partition coefficient (Wildman–Crippen LogP) is 3.13. The lowest BCUT2D eigenvalue weighted by molar-refractivity contribution is -0.111. The molecule has 0 atom stereocenters. The number of benzene rings is 2. The Kier molecular flexibility index (Phi) is 5.28. The van der Waals surface area contributed by atoms with Crippen LogP contribution in [0.3, 0.4) is 0 Å². The van der Waals surface area contributed by atoms with Gasteiger partial charge in [0.1, 0.15) is 11.6 Å². The lowest BCUT2D eigenvalue weighted by Gasteiger charge is -2.19. The first kappa shape index (κ1) is 17.6. The molecule has 0 saturated carbocycles. The Bertz CT molecular complexity index is 878. The molecule has 2 aromatic rings. The molecule has 0 fully saturated rings. The first-order chi connectivity index (χ1) is 12.6. The van der Waals surface area contributed by atoms with E-state index in [4.69, 9.17) is 9.47 Å². The van der Waals surface area contributed by atoms with E-state index in [1.807, 2.05) is 0 Å². The third-order valence-corrected chi connectivity index (χ3v) is 3.67. The molecule has 1 aliphatic heterocycles. The molecule has 0 unspecified atom stereocenters. The molecule has 0 aromatic heterocycles. The molecule has 1 heterocycles. The number of hydrogen-bond donors (Lipinski definition) is 1. The predicted molar refractivity (Wildman–Crippen MR) is 92.1 cm³/mol. The van der Waals surface area contributed by atoms with Crippen LogP contribution in [-0.2, 0) is 20.9 Å². The Morgan fingerprint density at radius 3 is 2.92 bits per heavy atom. The Morgan fingerprint density at radius 1 is 1.27 bits per heavy atom. The highest BCUT2D eigenvalue weighted by molar-refractivity contribution is 6.02. The fourth-order valence-electron chi connectivity index (χ4n) is 2.52. The summed E-state index contributed by atoms with van der Waals surface area (Å²) in [5.41, 5.74) is 1.79. The Labute approximate surface area is 149 Å². The summed E-state index contributed by atoms with van der Waals surface area (Å²) in [5, 5.41) is 2.63. The molecule has 0 radical (unpaired) electrons. The van der Waals surface area contributed by atoms with E-state index < -0.39 is 17.7 Å². The normalized spacial score (nSPS) is 13.0. The Morgan fingerprint density at radius 2 is 2.12 bits per heavy atom. The monoisotopic (exact) mass is 357 g/mol. The van der Waals surface area contributed by atoms with Crippen LogP contribution in [0.25, 0.3) is 6.08 Å². The average Bonchev–Trinajstić information content (AvgIpc) is 2.65. The smallest absolute Gasteiger partial charge is 0.337 e. The minimum atomic E-state index is -0.498. The van der Waals surface area contributed by atoms with E-state index in [9.17, 15) is 14.0 Å². The van der Waals surface area contributed by atoms with Crippen molar-refractivity contribution in [3.8, 4) is 5.75 Å². The number of esters is 1. The van der Waals surface area contributed by atoms with Crippen LogP contribution in [0.1, 0.15) is 21.5 Å². The molecule has 1 N–H and O–H groups in total. The highest BCUT2D eigenvalue weighted by Crippen LogP contribution is 2.30. The van der Waals surface area contributed by atoms with Gasteiger partial charge in [-0.25, -0.2) is 9.18 Å². The van der Waals surface area contributed by atoms with Crippen molar-refractivity contribution in [2.24, 2.45) is 0 Å². The minimum absolute atomic E-state index is 0.0754. The van der Waals surface area contributed by atoms with E-state index in [0.29, 0.717) is 28.1 Å². The molecule has 6 nitrogen and oxygen atoms in total. The summed E-state index contributed by atoms with van der Waals surface area (Å²) in [7, 11) is 1.28. The summed E-state index contributed by atoms with van der Waals surface area (Å²) in [5.74, 6) is -0.877. The maximum absolute atomic E-state index is 13.7. The van der Waals surface area contributed by atoms with Crippen molar-refractivity contribution in [2.45, 2.75) is 6.61 Å². The molecular formula is C19H16FNO5. The second kappa shape index (κ2) is 7.79. The van der Waals surface area contributed by atoms with Gasteiger partial charge in [0, 0.05) is 22.9 Å². The molecule has 2 aromatic carbocycles. The molecule has 1 aliphatic rings. The van der Waals surface area contributed by atoms with Crippen molar-refractivity contribution < 1.29 is 28.2 Å². The van der Waals surface area contributed by atoms with Crippen molar-refractivity contribution in [2.75, 3.05) is 19.2 Å². The molecule has 3 rings (SSSR count). The van der Waals surface area contributed by atoms with Gasteiger partial charge in [0.25, 0.3) is 0 Å². The number of ether oxygens (including phenoxy) is 3. The van der Waals surface area contributed by atoms with Crippen molar-refractivity contribution in [3.63, 3.8) is 0 Å². The van der Waals surface area contributed by atoms with Crippen LogP contribution < -0.4 is 10.1 Å². The van der Waals surface area contributed by atoms with E-state index in [1.165, 1.54) is 37.5 Å². The van der Waals surface area contributed by atoms with Gasteiger partial charge >= 0.3 is 5.97 Å². The molecule has 0 spiro atoms. The van der Waals surface area contributed by atoms with Crippen LogP contribution >= 0.6 is 0 Å². The maximum Gasteiger partial charge on any atom is 0.337 e. The Hall–Kier alpha value is -3.19. The number of amides is 1. The van der Waals surface area contributed by atoms with Gasteiger partial charge in [0.15, 0.2) is 6.79 Å². The second-order valence-electron chi connectivity index (χ2n) is 5.49. The average molecular weight is 357 g/mol. The number of carbonyl (C=O) groups is 2. The topological polar surface area (TPSA) is 73.9 Å². The van der Waals surface area contributed by atoms with Gasteiger partial charge in [-0.15, -0.1) is 0 Å². The third kappa shape index (κ3) is 4.07. The molecule has 26 heavy (non-hydrogen) atoms. The molecular weight excluding hydrogens is 341 g/mol. The van der Waals surface area contributed by atoms with E-state index in [-0.39, 0.29) is 13.4 Å². The van der Waals surface area contributed by atoms with Crippen LogP contribution in [0.15, 0.2) is 42.5 Å². The summed E-state index contributed by atoms with van der Waals surface area (Å²) >= 11 is 0. The molecule has 0 aliphatic carbocycles. The number of anilines is 1. The van der Waals surface area contributed by atoms with Crippen LogP contribution in [0.4, 0.5) is 10.1 Å². The zero-order valence-corrected chi connectivity index (χ0v) is 14.0. The molecule has 134 valence electrons. The highest BCUT2D eigenvalue weighted by Gasteiger charge is 2.15. The van der Waals surface area contributed by atoms with E-state index >= 15 is 0 Å². The number of rotatable bonds is 4. The molecule has 0 bridgehead atoms. The van der Waals surface area contributed by atoms with Crippen LogP contribution in [-0.4, -0.2) is 25.8 Å². The minimum Gasteiger partial charge on any atom is -0.467 e. The number of methoxy groups -OCH3 is 1. The number of hydrogen-bond acceptors (Lipinski definition) is 5. The van der Waals surface area contributed by atoms with Crippen molar-refractivity contribution in [1.82, 2.24) is 0 Å². The van der Waals surface area contributed by atoms with Crippen LogP contribution in [0.2, 0.25) is 0 Å². The second-order valence-corrected chi connectivity index (χ2v) is 5.49. The lowest BCUT2D eigenvalue weighted by atomic mass is 10.1. The summed E-state index contributed by atoms with van der Waals surface area (Å²) in [6.45, 7) is 0.326. The maximum atomic E-state index is 13.7. The van der Waals surface area contributed by atoms with E-state index in [0.717, 1.165) is 0 Å². The third-order valence-electron chi connectivity index (χ3n) is 3.67. The van der Waals surface area contributed by atoms with Crippen molar-refractivity contribution in [3.05, 3.63) is 65.0 Å². The van der Waals surface area contributed by atoms with Gasteiger partial charge in [-0.2, -0.15) is 0 Å². The Balaban J connectivity index is 1.75. The van der Waals surface area contributed by atoms with Gasteiger partial charge in [-0.05, 0) is 36.4 Å². The van der Waals surface area contributed by atoms with Gasteiger partial charge in [0.05, 0.1) is 19.3 Å². The standard InChI is InChI=1S/C19H16FNO5/c1-24-19(23)13-3-2-4-16(9-13)21-17(22)6-5-12-7-15(20)8-14-10-25-11-26-18(12)14/h2-9H,10-11H2,1H3,(H,21,22). The quantitative estimate of drug-likeness (QED) is 0.672. The van der Waals surface area contributed by atoms with Gasteiger partial charge in [-0.3, -0.25) is 4.79 Å². The summed E-state index contributed by atoms with van der Waals surface area (Å²) in [6, 6.07) is 8.97. The number of carbonyl (C=O) groups excluding carboxylic acids is 2. The summed E-state index contributed by atoms with van der Waals surface area (Å²) in [4.78, 5) is 23.6. The zero-order chi connectivity index (χ0) is 18.5. The SMILES string of the molecule is COC(=O)c1cccc(NC(=O)C=Cc2cc(F)cc3c2OCOC3)c1. The largest absolute Gasteiger partial charge is 0.467 e. The molecule has 0 saturated heterocycles. The summed E-state index contributed by atoms with van der Waals surface area (Å²) < 4.78 is 28.8. The fraction of sp³-hybridized carbons (Fsp3) is 0.158. The van der Waals surface area contributed by atoms with Crippen molar-refractivity contribution >= 4 is 23.6 Å². The molecule has 7 heteroatoms. The number of fused-ring (bicyclic) bond motifs is 1. The van der Waals surface area contributed by atoms with Gasteiger partial charge in [-0.1, -0.05) is 6.07 Å². The fourth-order valence-corrected chi connectivity index (χ4v) is 2.52. The van der Waals surface area contributed by atoms with Gasteiger partial charge in [0.2, 0.25) is 5.91 Å². The zero-order valence-electron chi connectivity index (χ0n) is 14.0. The first-order valence-electron chi connectivity index (χ1n) is 7.77. The highest BCUT2D eigenvalue weighted by atomic mass is 19.1. The van der Waals surface area contributed by atoms with Crippen LogP contribution in [0, 0.1) is 5.82 Å². The van der Waals surface area contributed by atoms with Gasteiger partial charge < -0.3 is 19.5 Å². The summed E-state index contributed by atoms with van der Waals surface area (Å²) in [6.07, 6.45) is 2.73. The van der Waals surface area contributed by atoms with E-state index in [2.05, 4.69) is 10.1 Å².